The average Bonchev–Trinajstić information content (AvgIpc) is 2.08. The fourth-order valence-corrected chi connectivity index (χ4v) is 1.81. The van der Waals surface area contributed by atoms with Gasteiger partial charge in [0.2, 0.25) is 0 Å². The molecular formula is C9H16N2O4. The van der Waals surface area contributed by atoms with E-state index in [1.165, 1.54) is 0 Å². The van der Waals surface area contributed by atoms with E-state index in [4.69, 9.17) is 10.2 Å². The molecule has 1 heterocycles. The molecule has 0 aliphatic carbocycles. The van der Waals surface area contributed by atoms with Crippen molar-refractivity contribution in [2.45, 2.75) is 13.0 Å². The molecule has 0 aromatic heterocycles. The number of hydrogen-bond acceptors (Lipinski definition) is 4. The summed E-state index contributed by atoms with van der Waals surface area (Å²) in [5.74, 6) is -1.68. The van der Waals surface area contributed by atoms with Crippen molar-refractivity contribution < 1.29 is 19.8 Å². The first-order chi connectivity index (χ1) is 6.99. The Balaban J connectivity index is 2.40. The van der Waals surface area contributed by atoms with Gasteiger partial charge in [0.25, 0.3) is 0 Å². The molecule has 1 atom stereocenters. The molecule has 1 fully saturated rings. The molecule has 1 saturated heterocycles. The Kier molecular flexibility index (Phi) is 4.05. The lowest BCUT2D eigenvalue weighted by Crippen LogP contribution is -2.54. The fraction of sp³-hybridized carbons (Fsp3) is 0.778. The number of nitrogens with zero attached hydrogens (tertiary/aromatic N) is 2. The van der Waals surface area contributed by atoms with Crippen LogP contribution in [0, 0.1) is 0 Å². The van der Waals surface area contributed by atoms with Gasteiger partial charge in [-0.05, 0) is 6.92 Å². The van der Waals surface area contributed by atoms with E-state index in [0.29, 0.717) is 19.6 Å². The Hall–Kier alpha value is -1.14. The Morgan fingerprint density at radius 2 is 1.80 bits per heavy atom. The van der Waals surface area contributed by atoms with Gasteiger partial charge in [-0.25, -0.2) is 0 Å². The first kappa shape index (κ1) is 11.9. The van der Waals surface area contributed by atoms with Crippen LogP contribution in [0.4, 0.5) is 0 Å². The summed E-state index contributed by atoms with van der Waals surface area (Å²) < 4.78 is 0. The molecule has 0 radical (unpaired) electrons. The van der Waals surface area contributed by atoms with Crippen molar-refractivity contribution in [3.8, 4) is 0 Å². The minimum Gasteiger partial charge on any atom is -0.480 e. The number of rotatable bonds is 4. The van der Waals surface area contributed by atoms with Crippen LogP contribution in [0.5, 0.6) is 0 Å². The first-order valence-electron chi connectivity index (χ1n) is 4.89. The Bertz CT molecular complexity index is 256. The number of aliphatic carboxylic acids is 2. The summed E-state index contributed by atoms with van der Waals surface area (Å²) in [4.78, 5) is 24.7. The van der Waals surface area contributed by atoms with Gasteiger partial charge in [0, 0.05) is 25.7 Å². The predicted octanol–water partition coefficient (Wildman–Crippen LogP) is -0.838. The van der Waals surface area contributed by atoms with Crippen LogP contribution < -0.4 is 0 Å². The van der Waals surface area contributed by atoms with Crippen molar-refractivity contribution in [3.05, 3.63) is 0 Å². The molecule has 6 nitrogen and oxygen atoms in total. The predicted molar refractivity (Wildman–Crippen MR) is 52.7 cm³/mol. The third-order valence-electron chi connectivity index (χ3n) is 2.55. The van der Waals surface area contributed by atoms with Crippen LogP contribution in [0.25, 0.3) is 0 Å². The smallest absolute Gasteiger partial charge is 0.317 e. The molecule has 0 spiro atoms. The molecule has 86 valence electrons. The van der Waals surface area contributed by atoms with Gasteiger partial charge in [-0.1, -0.05) is 0 Å². The van der Waals surface area contributed by atoms with Crippen LogP contribution in [0.1, 0.15) is 6.92 Å². The minimum atomic E-state index is -0.839. The monoisotopic (exact) mass is 216 g/mol. The summed E-state index contributed by atoms with van der Waals surface area (Å²) >= 11 is 0. The summed E-state index contributed by atoms with van der Waals surface area (Å²) in [6, 6.07) is 0.0919. The van der Waals surface area contributed by atoms with E-state index in [-0.39, 0.29) is 19.1 Å². The molecule has 0 bridgehead atoms. The molecule has 0 saturated carbocycles. The largest absolute Gasteiger partial charge is 0.480 e. The molecule has 0 aromatic rings. The van der Waals surface area contributed by atoms with Gasteiger partial charge in [-0.2, -0.15) is 0 Å². The summed E-state index contributed by atoms with van der Waals surface area (Å²) in [6.45, 7) is 3.81. The maximum Gasteiger partial charge on any atom is 0.317 e. The normalized spacial score (nSPS) is 23.9. The van der Waals surface area contributed by atoms with Gasteiger partial charge in [0.1, 0.15) is 0 Å². The summed E-state index contributed by atoms with van der Waals surface area (Å²) in [7, 11) is 0. The van der Waals surface area contributed by atoms with E-state index < -0.39 is 11.9 Å². The zero-order chi connectivity index (χ0) is 11.4. The molecule has 6 heteroatoms. The van der Waals surface area contributed by atoms with Crippen molar-refractivity contribution in [2.75, 3.05) is 32.7 Å². The van der Waals surface area contributed by atoms with E-state index in [1.54, 1.807) is 0 Å². The highest BCUT2D eigenvalue weighted by Gasteiger charge is 2.25. The van der Waals surface area contributed by atoms with Crippen LogP contribution in [0.2, 0.25) is 0 Å². The zero-order valence-corrected chi connectivity index (χ0v) is 8.72. The Morgan fingerprint density at radius 3 is 2.27 bits per heavy atom. The van der Waals surface area contributed by atoms with Crippen LogP contribution in [0.15, 0.2) is 0 Å². The second-order valence-electron chi connectivity index (χ2n) is 3.84. The lowest BCUT2D eigenvalue weighted by Gasteiger charge is -2.38. The second-order valence-corrected chi connectivity index (χ2v) is 3.84. The van der Waals surface area contributed by atoms with Gasteiger partial charge in [0.05, 0.1) is 13.1 Å². The Morgan fingerprint density at radius 1 is 1.20 bits per heavy atom. The number of carboxylic acids is 2. The van der Waals surface area contributed by atoms with Crippen LogP contribution in [-0.2, 0) is 9.59 Å². The van der Waals surface area contributed by atoms with Crippen LogP contribution in [0.3, 0.4) is 0 Å². The molecule has 15 heavy (non-hydrogen) atoms. The topological polar surface area (TPSA) is 81.1 Å². The van der Waals surface area contributed by atoms with Crippen molar-refractivity contribution in [2.24, 2.45) is 0 Å². The molecule has 0 amide bonds. The van der Waals surface area contributed by atoms with Crippen molar-refractivity contribution in [1.82, 2.24) is 9.80 Å². The van der Waals surface area contributed by atoms with Crippen molar-refractivity contribution >= 4 is 11.9 Å². The third kappa shape index (κ3) is 3.85. The molecule has 2 N–H and O–H groups in total. The Labute approximate surface area is 88.1 Å². The highest BCUT2D eigenvalue weighted by molar-refractivity contribution is 5.69. The summed E-state index contributed by atoms with van der Waals surface area (Å²) in [5.41, 5.74) is 0. The molecule has 0 aromatic carbocycles. The third-order valence-corrected chi connectivity index (χ3v) is 2.55. The van der Waals surface area contributed by atoms with E-state index in [1.807, 2.05) is 16.7 Å². The van der Waals surface area contributed by atoms with Crippen LogP contribution in [-0.4, -0.2) is 70.7 Å². The van der Waals surface area contributed by atoms with Gasteiger partial charge >= 0.3 is 11.9 Å². The maximum absolute atomic E-state index is 10.5. The average molecular weight is 216 g/mol. The first-order valence-corrected chi connectivity index (χ1v) is 4.89. The highest BCUT2D eigenvalue weighted by atomic mass is 16.4. The lowest BCUT2D eigenvalue weighted by atomic mass is 10.2. The molecule has 1 aliphatic rings. The number of hydrogen-bond donors (Lipinski definition) is 2. The quantitative estimate of drug-likeness (QED) is 0.638. The van der Waals surface area contributed by atoms with E-state index in [2.05, 4.69) is 0 Å². The summed E-state index contributed by atoms with van der Waals surface area (Å²) in [6.07, 6.45) is 0. The number of carbonyl (C=O) groups is 2. The lowest BCUT2D eigenvalue weighted by molar-refractivity contribution is -0.142. The molecule has 1 aliphatic heterocycles. The van der Waals surface area contributed by atoms with Crippen molar-refractivity contribution in [3.63, 3.8) is 0 Å². The van der Waals surface area contributed by atoms with E-state index >= 15 is 0 Å². The van der Waals surface area contributed by atoms with Gasteiger partial charge < -0.3 is 10.2 Å². The molecule has 1 rings (SSSR count). The van der Waals surface area contributed by atoms with Crippen LogP contribution >= 0.6 is 0 Å². The number of carboxylic acid groups (broad SMARTS) is 2. The standard InChI is InChI=1S/C9H16N2O4/c1-7-4-10(5-8(12)13)2-3-11(7)6-9(14)15/h7H,2-6H2,1H3,(H,12,13)(H,14,15). The fourth-order valence-electron chi connectivity index (χ4n) is 1.81. The minimum absolute atomic E-state index is 0.0298. The number of piperazine rings is 1. The second kappa shape index (κ2) is 5.09. The van der Waals surface area contributed by atoms with Gasteiger partial charge in [-0.15, -0.1) is 0 Å². The highest BCUT2D eigenvalue weighted by Crippen LogP contribution is 2.08. The van der Waals surface area contributed by atoms with Crippen molar-refractivity contribution in [1.29, 1.82) is 0 Å². The van der Waals surface area contributed by atoms with Gasteiger partial charge in [0.15, 0.2) is 0 Å². The molecule has 1 unspecified atom stereocenters. The van der Waals surface area contributed by atoms with Gasteiger partial charge in [-0.3, -0.25) is 19.4 Å². The SMILES string of the molecule is CC1CN(CC(=O)O)CCN1CC(=O)O. The maximum atomic E-state index is 10.5. The summed E-state index contributed by atoms with van der Waals surface area (Å²) in [5, 5.41) is 17.3. The zero-order valence-electron chi connectivity index (χ0n) is 8.72. The van der Waals surface area contributed by atoms with E-state index in [0.717, 1.165) is 0 Å². The molecular weight excluding hydrogens is 200 g/mol. The van der Waals surface area contributed by atoms with E-state index in [9.17, 15) is 9.59 Å².